The summed E-state index contributed by atoms with van der Waals surface area (Å²) in [4.78, 5) is 15.0. The van der Waals surface area contributed by atoms with Gasteiger partial charge in [0.2, 0.25) is 0 Å². The van der Waals surface area contributed by atoms with Crippen LogP contribution in [0.5, 0.6) is 0 Å². The van der Waals surface area contributed by atoms with E-state index in [1.54, 1.807) is 0 Å². The first-order valence-corrected chi connectivity index (χ1v) is 8.63. The van der Waals surface area contributed by atoms with Crippen molar-refractivity contribution in [3.8, 4) is 0 Å². The second-order valence-corrected chi connectivity index (χ2v) is 6.88. The lowest BCUT2D eigenvalue weighted by Gasteiger charge is -2.25. The Morgan fingerprint density at radius 1 is 1.25 bits per heavy atom. The number of aromatic nitrogens is 2. The molecule has 0 bridgehead atoms. The van der Waals surface area contributed by atoms with Crippen molar-refractivity contribution < 1.29 is 9.53 Å². The highest BCUT2D eigenvalue weighted by atomic mass is 16.5. The van der Waals surface area contributed by atoms with Gasteiger partial charge in [-0.1, -0.05) is 6.07 Å². The maximum atomic E-state index is 13.0. The number of ether oxygens (including phenoxy) is 1. The van der Waals surface area contributed by atoms with Gasteiger partial charge < -0.3 is 9.64 Å². The minimum absolute atomic E-state index is 0.133. The average Bonchev–Trinajstić information content (AvgIpc) is 3.27. The lowest BCUT2D eigenvalue weighted by molar-refractivity contribution is 0.0721. The summed E-state index contributed by atoms with van der Waals surface area (Å²) in [7, 11) is 0. The molecule has 2 aliphatic rings. The Morgan fingerprint density at radius 3 is 2.88 bits per heavy atom. The topological polar surface area (TPSA) is 47.4 Å². The van der Waals surface area contributed by atoms with E-state index in [-0.39, 0.29) is 11.9 Å². The summed E-state index contributed by atoms with van der Waals surface area (Å²) in [5, 5.41) is 4.55. The van der Waals surface area contributed by atoms with Crippen LogP contribution in [0.4, 0.5) is 0 Å². The van der Waals surface area contributed by atoms with Crippen LogP contribution in [-0.2, 0) is 24.5 Å². The Morgan fingerprint density at radius 2 is 2.08 bits per heavy atom. The average molecular weight is 325 g/mol. The van der Waals surface area contributed by atoms with Crippen LogP contribution in [0.15, 0.2) is 24.3 Å². The second kappa shape index (κ2) is 6.06. The molecule has 4 rings (SSSR count). The number of rotatable bonds is 3. The Hall–Kier alpha value is -2.14. The van der Waals surface area contributed by atoms with E-state index < -0.39 is 0 Å². The summed E-state index contributed by atoms with van der Waals surface area (Å²) in [6, 6.07) is 8.28. The molecule has 1 aromatic carbocycles. The van der Waals surface area contributed by atoms with Gasteiger partial charge in [-0.2, -0.15) is 5.10 Å². The van der Waals surface area contributed by atoms with Gasteiger partial charge in [0.25, 0.3) is 5.91 Å². The summed E-state index contributed by atoms with van der Waals surface area (Å²) >= 11 is 0. The molecule has 1 atom stereocenters. The first-order chi connectivity index (χ1) is 11.6. The number of hydrogen-bond acceptors (Lipinski definition) is 3. The maximum absolute atomic E-state index is 13.0. The van der Waals surface area contributed by atoms with Crippen molar-refractivity contribution in [2.75, 3.05) is 6.54 Å². The van der Waals surface area contributed by atoms with Crippen LogP contribution < -0.4 is 0 Å². The van der Waals surface area contributed by atoms with Gasteiger partial charge in [-0.3, -0.25) is 9.48 Å². The van der Waals surface area contributed by atoms with E-state index in [0.717, 1.165) is 48.4 Å². The summed E-state index contributed by atoms with van der Waals surface area (Å²) in [6.45, 7) is 6.96. The van der Waals surface area contributed by atoms with Gasteiger partial charge in [0.05, 0.1) is 31.5 Å². The lowest BCUT2D eigenvalue weighted by Crippen LogP contribution is -2.38. The number of carbonyl (C=O) groups is 1. The van der Waals surface area contributed by atoms with Gasteiger partial charge in [0.15, 0.2) is 0 Å². The summed E-state index contributed by atoms with van der Waals surface area (Å²) < 4.78 is 7.48. The van der Waals surface area contributed by atoms with Crippen LogP contribution in [0, 0.1) is 13.8 Å². The lowest BCUT2D eigenvalue weighted by atomic mass is 10.1. The molecule has 1 aromatic heterocycles. The molecular weight excluding hydrogens is 302 g/mol. The number of carbonyl (C=O) groups excluding carboxylic acids is 1. The van der Waals surface area contributed by atoms with Crippen LogP contribution in [0.3, 0.4) is 0 Å². The molecule has 1 amide bonds. The fourth-order valence-corrected chi connectivity index (χ4v) is 3.82. The minimum Gasteiger partial charge on any atom is -0.372 e. The largest absolute Gasteiger partial charge is 0.372 e. The SMILES string of the molecule is Cc1cc(C)n(C[C@H]2CCCN2C(=O)c2ccc3c(c2)COC3)n1. The molecule has 0 saturated carbocycles. The smallest absolute Gasteiger partial charge is 0.254 e. The normalized spacial score (nSPS) is 19.8. The van der Waals surface area contributed by atoms with Gasteiger partial charge >= 0.3 is 0 Å². The number of amides is 1. The molecule has 5 heteroatoms. The zero-order valence-electron chi connectivity index (χ0n) is 14.3. The molecule has 2 aromatic rings. The Labute approximate surface area is 142 Å². The van der Waals surface area contributed by atoms with E-state index in [2.05, 4.69) is 18.1 Å². The highest BCUT2D eigenvalue weighted by Gasteiger charge is 2.30. The molecule has 3 heterocycles. The third-order valence-electron chi connectivity index (χ3n) is 5.09. The van der Waals surface area contributed by atoms with E-state index in [1.165, 1.54) is 5.56 Å². The fraction of sp³-hybridized carbons (Fsp3) is 0.474. The van der Waals surface area contributed by atoms with E-state index >= 15 is 0 Å². The molecule has 126 valence electrons. The van der Waals surface area contributed by atoms with E-state index in [4.69, 9.17) is 4.74 Å². The molecule has 24 heavy (non-hydrogen) atoms. The maximum Gasteiger partial charge on any atom is 0.254 e. The standard InChI is InChI=1S/C19H23N3O2/c1-13-8-14(2)22(20-13)10-18-4-3-7-21(18)19(23)15-5-6-16-11-24-12-17(16)9-15/h5-6,8-9,18H,3-4,7,10-12H2,1-2H3/t18-/m1/s1. The van der Waals surface area contributed by atoms with Gasteiger partial charge in [-0.25, -0.2) is 0 Å². The van der Waals surface area contributed by atoms with Crippen molar-refractivity contribution in [1.29, 1.82) is 0 Å². The Balaban J connectivity index is 1.54. The first-order valence-electron chi connectivity index (χ1n) is 8.63. The monoisotopic (exact) mass is 325 g/mol. The van der Waals surface area contributed by atoms with E-state index in [9.17, 15) is 4.79 Å². The van der Waals surface area contributed by atoms with E-state index in [1.807, 2.05) is 34.7 Å². The van der Waals surface area contributed by atoms with Crippen molar-refractivity contribution in [3.05, 3.63) is 52.3 Å². The molecule has 1 saturated heterocycles. The van der Waals surface area contributed by atoms with Crippen molar-refractivity contribution in [1.82, 2.24) is 14.7 Å². The van der Waals surface area contributed by atoms with Crippen molar-refractivity contribution in [3.63, 3.8) is 0 Å². The van der Waals surface area contributed by atoms with Gasteiger partial charge in [-0.05, 0) is 56.0 Å². The van der Waals surface area contributed by atoms with Crippen LogP contribution in [-0.4, -0.2) is 33.2 Å². The third kappa shape index (κ3) is 2.73. The fourth-order valence-electron chi connectivity index (χ4n) is 3.82. The highest BCUT2D eigenvalue weighted by molar-refractivity contribution is 5.95. The molecule has 1 fully saturated rings. The number of likely N-dealkylation sites (tertiary alicyclic amines) is 1. The van der Waals surface area contributed by atoms with Crippen LogP contribution in [0.25, 0.3) is 0 Å². The van der Waals surface area contributed by atoms with Crippen molar-refractivity contribution in [2.24, 2.45) is 0 Å². The molecule has 0 aliphatic carbocycles. The predicted molar refractivity (Wildman–Crippen MR) is 90.7 cm³/mol. The molecule has 0 N–H and O–H groups in total. The molecule has 0 radical (unpaired) electrons. The molecule has 2 aliphatic heterocycles. The molecule has 5 nitrogen and oxygen atoms in total. The van der Waals surface area contributed by atoms with Crippen LogP contribution >= 0.6 is 0 Å². The van der Waals surface area contributed by atoms with Crippen LogP contribution in [0.1, 0.15) is 45.7 Å². The zero-order valence-corrected chi connectivity index (χ0v) is 14.3. The van der Waals surface area contributed by atoms with Crippen molar-refractivity contribution in [2.45, 2.75) is 52.5 Å². The summed E-state index contributed by atoms with van der Waals surface area (Å²) in [5.74, 6) is 0.133. The molecular formula is C19H23N3O2. The van der Waals surface area contributed by atoms with E-state index in [0.29, 0.717) is 13.2 Å². The zero-order chi connectivity index (χ0) is 16.7. The predicted octanol–water partition coefficient (Wildman–Crippen LogP) is 2.83. The Bertz CT molecular complexity index is 781. The number of fused-ring (bicyclic) bond motifs is 1. The number of aryl methyl sites for hydroxylation is 2. The quantitative estimate of drug-likeness (QED) is 0.872. The molecule has 0 spiro atoms. The highest BCUT2D eigenvalue weighted by Crippen LogP contribution is 2.25. The summed E-state index contributed by atoms with van der Waals surface area (Å²) in [5.41, 5.74) is 5.31. The van der Waals surface area contributed by atoms with Crippen LogP contribution in [0.2, 0.25) is 0 Å². The minimum atomic E-state index is 0.133. The Kier molecular flexibility index (Phi) is 3.88. The van der Waals surface area contributed by atoms with Gasteiger partial charge in [0.1, 0.15) is 0 Å². The van der Waals surface area contributed by atoms with Gasteiger partial charge in [0, 0.05) is 17.8 Å². The number of hydrogen-bond donors (Lipinski definition) is 0. The number of nitrogens with zero attached hydrogens (tertiary/aromatic N) is 3. The molecule has 0 unspecified atom stereocenters. The first kappa shape index (κ1) is 15.4. The van der Waals surface area contributed by atoms with Gasteiger partial charge in [-0.15, -0.1) is 0 Å². The third-order valence-corrected chi connectivity index (χ3v) is 5.09. The van der Waals surface area contributed by atoms with Crippen molar-refractivity contribution >= 4 is 5.91 Å². The summed E-state index contributed by atoms with van der Waals surface area (Å²) in [6.07, 6.45) is 2.10. The number of benzene rings is 1. The second-order valence-electron chi connectivity index (χ2n) is 6.88.